The van der Waals surface area contributed by atoms with E-state index in [0.29, 0.717) is 46.5 Å². The second-order valence-corrected chi connectivity index (χ2v) is 9.26. The zero-order valence-electron chi connectivity index (χ0n) is 18.7. The van der Waals surface area contributed by atoms with Gasteiger partial charge in [0, 0.05) is 17.9 Å². The van der Waals surface area contributed by atoms with Crippen LogP contribution in [0.4, 0.5) is 17.3 Å². The van der Waals surface area contributed by atoms with E-state index in [9.17, 15) is 4.79 Å². The molecule has 2 saturated heterocycles. The monoisotopic (exact) mass is 501 g/mol. The van der Waals surface area contributed by atoms with Crippen LogP contribution in [0.1, 0.15) is 19.4 Å². The number of hydrogen-bond acceptors (Lipinski definition) is 7. The van der Waals surface area contributed by atoms with Crippen LogP contribution in [0.15, 0.2) is 36.7 Å². The Morgan fingerprint density at radius 1 is 1.21 bits per heavy atom. The van der Waals surface area contributed by atoms with E-state index in [4.69, 9.17) is 27.9 Å². The molecular formula is C23H25Cl2N7O2. The van der Waals surface area contributed by atoms with Crippen LogP contribution in [-0.4, -0.2) is 58.5 Å². The molecule has 2 fully saturated rings. The number of aromatic nitrogens is 4. The van der Waals surface area contributed by atoms with E-state index >= 15 is 0 Å². The van der Waals surface area contributed by atoms with E-state index in [1.807, 2.05) is 28.9 Å². The third kappa shape index (κ3) is 4.61. The van der Waals surface area contributed by atoms with E-state index in [1.54, 1.807) is 17.3 Å². The molecule has 5 rings (SSSR count). The Kier molecular flexibility index (Phi) is 6.69. The Labute approximate surface area is 207 Å². The van der Waals surface area contributed by atoms with Crippen molar-refractivity contribution >= 4 is 46.4 Å². The van der Waals surface area contributed by atoms with Gasteiger partial charge in [-0.1, -0.05) is 30.1 Å². The first-order valence-electron chi connectivity index (χ1n) is 11.2. The summed E-state index contributed by atoms with van der Waals surface area (Å²) in [5, 5.41) is 12.1. The number of piperidine rings is 1. The summed E-state index contributed by atoms with van der Waals surface area (Å²) in [5.41, 5.74) is 2.79. The molecule has 0 saturated carbocycles. The van der Waals surface area contributed by atoms with Crippen LogP contribution in [0, 0.1) is 5.92 Å². The van der Waals surface area contributed by atoms with Gasteiger partial charge in [0.25, 0.3) is 5.91 Å². The zero-order chi connectivity index (χ0) is 23.7. The van der Waals surface area contributed by atoms with Crippen molar-refractivity contribution < 1.29 is 9.53 Å². The van der Waals surface area contributed by atoms with Crippen LogP contribution in [-0.2, 0) is 9.53 Å². The number of rotatable bonds is 5. The van der Waals surface area contributed by atoms with Crippen molar-refractivity contribution in [2.75, 3.05) is 43.1 Å². The molecule has 2 aliphatic rings. The minimum atomic E-state index is -0.0473. The molecule has 34 heavy (non-hydrogen) atoms. The van der Waals surface area contributed by atoms with Crippen molar-refractivity contribution in [3.05, 3.63) is 46.8 Å². The van der Waals surface area contributed by atoms with Gasteiger partial charge >= 0.3 is 0 Å². The van der Waals surface area contributed by atoms with Crippen LogP contribution in [0.3, 0.4) is 0 Å². The number of carbonyl (C=O) groups excluding carboxylic acids is 1. The number of ether oxygens (including phenoxy) is 1. The highest BCUT2D eigenvalue weighted by Crippen LogP contribution is 2.36. The number of hydrogen-bond donors (Lipinski definition) is 2. The highest BCUT2D eigenvalue weighted by Gasteiger charge is 2.27. The molecule has 3 aromatic rings. The third-order valence-corrected chi connectivity index (χ3v) is 6.86. The predicted octanol–water partition coefficient (Wildman–Crippen LogP) is 3.92. The van der Waals surface area contributed by atoms with Gasteiger partial charge in [0.05, 0.1) is 41.3 Å². The van der Waals surface area contributed by atoms with Crippen molar-refractivity contribution in [3.8, 4) is 11.3 Å². The molecule has 4 heterocycles. The molecule has 0 spiro atoms. The fraction of sp³-hybridized carbons (Fsp3) is 0.391. The van der Waals surface area contributed by atoms with E-state index < -0.39 is 0 Å². The Morgan fingerprint density at radius 3 is 2.79 bits per heavy atom. The Bertz CT molecular complexity index is 1180. The maximum absolute atomic E-state index is 12.1. The number of nitrogens with zero attached hydrogens (tertiary/aromatic N) is 5. The second kappa shape index (κ2) is 9.87. The summed E-state index contributed by atoms with van der Waals surface area (Å²) in [7, 11) is 0. The molecule has 0 aliphatic carbocycles. The summed E-state index contributed by atoms with van der Waals surface area (Å²) >= 11 is 13.2. The number of morpholine rings is 1. The van der Waals surface area contributed by atoms with Gasteiger partial charge in [0.2, 0.25) is 5.95 Å². The third-order valence-electron chi connectivity index (χ3n) is 6.21. The van der Waals surface area contributed by atoms with Crippen molar-refractivity contribution in [2.24, 2.45) is 5.92 Å². The molecule has 0 unspecified atom stereocenters. The van der Waals surface area contributed by atoms with Gasteiger partial charge in [-0.2, -0.15) is 5.10 Å². The molecule has 178 valence electrons. The van der Waals surface area contributed by atoms with Crippen molar-refractivity contribution in [2.45, 2.75) is 19.4 Å². The van der Waals surface area contributed by atoms with Gasteiger partial charge < -0.3 is 20.3 Å². The van der Waals surface area contributed by atoms with Crippen LogP contribution >= 0.6 is 23.2 Å². The lowest BCUT2D eigenvalue weighted by molar-refractivity contribution is -0.125. The highest BCUT2D eigenvalue weighted by molar-refractivity contribution is 6.35. The van der Waals surface area contributed by atoms with Gasteiger partial charge in [-0.15, -0.1) is 0 Å². The Morgan fingerprint density at radius 2 is 2.03 bits per heavy atom. The molecular weight excluding hydrogens is 477 g/mol. The van der Waals surface area contributed by atoms with E-state index in [2.05, 4.69) is 32.6 Å². The molecule has 1 aromatic carbocycles. The number of amides is 1. The second-order valence-electron chi connectivity index (χ2n) is 8.49. The van der Waals surface area contributed by atoms with Crippen LogP contribution in [0.2, 0.25) is 10.2 Å². The molecule has 2 aliphatic heterocycles. The average Bonchev–Trinajstić information content (AvgIpc) is 3.22. The smallest absolute Gasteiger partial charge is 0.253 e. The standard InChI is InChI=1S/C23H25Cl2N7O2/c1-14-10-26-7-6-19(14)32-22(25)17(11-28-32)21-18(24)12-27-23(30-21)29-15-2-4-16(5-3-15)31-8-9-34-13-20(31)33/h2-5,11-12,14,19,26H,6-10,13H2,1H3,(H,27,29,30)/t14-,19-/m0/s1. The summed E-state index contributed by atoms with van der Waals surface area (Å²) in [6, 6.07) is 7.73. The lowest BCUT2D eigenvalue weighted by atomic mass is 9.95. The average molecular weight is 502 g/mol. The van der Waals surface area contributed by atoms with Gasteiger partial charge in [-0.05, 0) is 49.7 Å². The van der Waals surface area contributed by atoms with Gasteiger partial charge in [0.15, 0.2) is 0 Å². The Hall–Kier alpha value is -2.72. The molecule has 9 nitrogen and oxygen atoms in total. The van der Waals surface area contributed by atoms with E-state index in [0.717, 1.165) is 30.9 Å². The molecule has 2 atom stereocenters. The minimum Gasteiger partial charge on any atom is -0.370 e. The molecule has 2 aromatic heterocycles. The summed E-state index contributed by atoms with van der Waals surface area (Å²) < 4.78 is 7.07. The van der Waals surface area contributed by atoms with Gasteiger partial charge in [-0.25, -0.2) is 14.6 Å². The quantitative estimate of drug-likeness (QED) is 0.546. The predicted molar refractivity (Wildman–Crippen MR) is 132 cm³/mol. The maximum atomic E-state index is 12.1. The number of anilines is 3. The SMILES string of the molecule is C[C@H]1CNCC[C@@H]1n1ncc(-c2nc(Nc3ccc(N4CCOCC4=O)cc3)ncc2Cl)c1Cl. The molecule has 0 radical (unpaired) electrons. The summed E-state index contributed by atoms with van der Waals surface area (Å²) in [5.74, 6) is 0.746. The highest BCUT2D eigenvalue weighted by atomic mass is 35.5. The molecule has 11 heteroatoms. The molecule has 1 amide bonds. The van der Waals surface area contributed by atoms with Crippen molar-refractivity contribution in [1.82, 2.24) is 25.1 Å². The van der Waals surface area contributed by atoms with Crippen molar-refractivity contribution in [3.63, 3.8) is 0 Å². The van der Waals surface area contributed by atoms with Crippen LogP contribution in [0.5, 0.6) is 0 Å². The minimum absolute atomic E-state index is 0.0473. The van der Waals surface area contributed by atoms with E-state index in [1.165, 1.54) is 0 Å². The van der Waals surface area contributed by atoms with Gasteiger partial charge in [0.1, 0.15) is 11.8 Å². The Balaban J connectivity index is 1.36. The fourth-order valence-electron chi connectivity index (χ4n) is 4.36. The normalized spacial score (nSPS) is 21.0. The topological polar surface area (TPSA) is 97.2 Å². The first kappa shape index (κ1) is 23.0. The number of halogens is 2. The zero-order valence-corrected chi connectivity index (χ0v) is 20.2. The van der Waals surface area contributed by atoms with Crippen LogP contribution in [0.25, 0.3) is 11.3 Å². The summed E-state index contributed by atoms with van der Waals surface area (Å²) in [6.07, 6.45) is 4.22. The fourth-order valence-corrected chi connectivity index (χ4v) is 4.86. The van der Waals surface area contributed by atoms with Gasteiger partial charge in [-0.3, -0.25) is 4.79 Å². The lowest BCUT2D eigenvalue weighted by Gasteiger charge is -2.30. The number of nitrogens with one attached hydrogen (secondary N) is 2. The number of carbonyl (C=O) groups is 1. The first-order valence-corrected chi connectivity index (χ1v) is 12.0. The summed E-state index contributed by atoms with van der Waals surface area (Å²) in [4.78, 5) is 22.7. The lowest BCUT2D eigenvalue weighted by Crippen LogP contribution is -2.41. The molecule has 0 bridgehead atoms. The van der Waals surface area contributed by atoms with Crippen molar-refractivity contribution in [1.29, 1.82) is 0 Å². The summed E-state index contributed by atoms with van der Waals surface area (Å²) in [6.45, 7) is 5.23. The largest absolute Gasteiger partial charge is 0.370 e. The first-order chi connectivity index (χ1) is 16.5. The van der Waals surface area contributed by atoms with Crippen LogP contribution < -0.4 is 15.5 Å². The maximum Gasteiger partial charge on any atom is 0.253 e. The van der Waals surface area contributed by atoms with E-state index in [-0.39, 0.29) is 18.6 Å². The number of benzene rings is 1. The molecule has 2 N–H and O–H groups in total.